The summed E-state index contributed by atoms with van der Waals surface area (Å²) in [5.74, 6) is 0. The summed E-state index contributed by atoms with van der Waals surface area (Å²) in [6.07, 6.45) is 1.97. The SMILES string of the molecule is CC1(C)c2ccccc2-c2cc(-c3ccc[nH]3)ccc21. The summed E-state index contributed by atoms with van der Waals surface area (Å²) in [6, 6.07) is 19.7. The Hall–Kier alpha value is -2.28. The van der Waals surface area contributed by atoms with Crippen molar-refractivity contribution in [1.29, 1.82) is 0 Å². The van der Waals surface area contributed by atoms with Crippen LogP contribution in [0.15, 0.2) is 60.8 Å². The highest BCUT2D eigenvalue weighted by Gasteiger charge is 2.34. The zero-order valence-corrected chi connectivity index (χ0v) is 11.8. The van der Waals surface area contributed by atoms with Gasteiger partial charge in [-0.05, 0) is 46.0 Å². The molecule has 1 nitrogen and oxygen atoms in total. The molecule has 0 atom stereocenters. The maximum absolute atomic E-state index is 3.29. The standard InChI is InChI=1S/C19H17N/c1-19(2)16-7-4-3-6-14(16)15-12-13(9-10-17(15)19)18-8-5-11-20-18/h3-12,20H,1-2H3. The summed E-state index contributed by atoms with van der Waals surface area (Å²) >= 11 is 0. The number of benzene rings is 2. The van der Waals surface area contributed by atoms with Gasteiger partial charge in [0.05, 0.1) is 0 Å². The molecule has 4 rings (SSSR count). The van der Waals surface area contributed by atoms with Crippen molar-refractivity contribution in [2.45, 2.75) is 19.3 Å². The summed E-state index contributed by atoms with van der Waals surface area (Å²) in [6.45, 7) is 4.62. The van der Waals surface area contributed by atoms with Crippen LogP contribution in [0.4, 0.5) is 0 Å². The third-order valence-corrected chi connectivity index (χ3v) is 4.49. The molecule has 0 bridgehead atoms. The van der Waals surface area contributed by atoms with Crippen molar-refractivity contribution in [2.75, 3.05) is 0 Å². The minimum atomic E-state index is 0.0974. The predicted molar refractivity (Wildman–Crippen MR) is 83.8 cm³/mol. The van der Waals surface area contributed by atoms with Gasteiger partial charge in [0, 0.05) is 17.3 Å². The van der Waals surface area contributed by atoms with E-state index in [9.17, 15) is 0 Å². The second-order valence-corrected chi connectivity index (χ2v) is 6.01. The first-order valence-corrected chi connectivity index (χ1v) is 7.06. The van der Waals surface area contributed by atoms with E-state index in [1.54, 1.807) is 0 Å². The smallest absolute Gasteiger partial charge is 0.0454 e. The molecule has 2 aromatic carbocycles. The molecule has 0 amide bonds. The highest BCUT2D eigenvalue weighted by molar-refractivity contribution is 5.83. The minimum absolute atomic E-state index is 0.0974. The Bertz CT molecular complexity index is 779. The zero-order chi connectivity index (χ0) is 13.7. The first kappa shape index (κ1) is 11.5. The predicted octanol–water partition coefficient (Wildman–Crippen LogP) is 4.99. The molecule has 0 saturated carbocycles. The van der Waals surface area contributed by atoms with Crippen molar-refractivity contribution in [1.82, 2.24) is 4.98 Å². The molecule has 1 aliphatic rings. The van der Waals surface area contributed by atoms with Crippen molar-refractivity contribution in [3.05, 3.63) is 71.9 Å². The molecule has 0 saturated heterocycles. The highest BCUT2D eigenvalue weighted by atomic mass is 14.7. The van der Waals surface area contributed by atoms with Crippen LogP contribution in [0.3, 0.4) is 0 Å². The molecule has 0 unspecified atom stereocenters. The fourth-order valence-electron chi connectivity index (χ4n) is 3.40. The van der Waals surface area contributed by atoms with Crippen molar-refractivity contribution in [3.63, 3.8) is 0 Å². The quantitative estimate of drug-likeness (QED) is 0.634. The van der Waals surface area contributed by atoms with Gasteiger partial charge in [0.15, 0.2) is 0 Å². The third kappa shape index (κ3) is 1.44. The molecule has 0 radical (unpaired) electrons. The van der Waals surface area contributed by atoms with Crippen LogP contribution < -0.4 is 0 Å². The Morgan fingerprint density at radius 3 is 2.40 bits per heavy atom. The fourth-order valence-corrected chi connectivity index (χ4v) is 3.40. The number of nitrogens with one attached hydrogen (secondary N) is 1. The summed E-state index contributed by atoms with van der Waals surface area (Å²) in [5, 5.41) is 0. The molecule has 20 heavy (non-hydrogen) atoms. The Kier molecular flexibility index (Phi) is 2.23. The topological polar surface area (TPSA) is 15.8 Å². The van der Waals surface area contributed by atoms with Crippen LogP contribution in [0.5, 0.6) is 0 Å². The number of aromatic amines is 1. The van der Waals surface area contributed by atoms with Crippen LogP contribution in [-0.4, -0.2) is 4.98 Å². The molecule has 1 aromatic heterocycles. The average molecular weight is 259 g/mol. The molecule has 0 fully saturated rings. The van der Waals surface area contributed by atoms with Gasteiger partial charge in [-0.1, -0.05) is 50.2 Å². The monoisotopic (exact) mass is 259 g/mol. The van der Waals surface area contributed by atoms with E-state index in [0.717, 1.165) is 0 Å². The van der Waals surface area contributed by atoms with Gasteiger partial charge in [0.2, 0.25) is 0 Å². The lowest BCUT2D eigenvalue weighted by Crippen LogP contribution is -2.14. The lowest BCUT2D eigenvalue weighted by molar-refractivity contribution is 0.660. The Labute approximate surface area is 119 Å². The largest absolute Gasteiger partial charge is 0.361 e. The van der Waals surface area contributed by atoms with Gasteiger partial charge < -0.3 is 4.98 Å². The number of hydrogen-bond acceptors (Lipinski definition) is 0. The number of aromatic nitrogens is 1. The molecule has 98 valence electrons. The van der Waals surface area contributed by atoms with E-state index in [1.165, 1.54) is 33.5 Å². The molecule has 1 N–H and O–H groups in total. The van der Waals surface area contributed by atoms with Gasteiger partial charge in [0.1, 0.15) is 0 Å². The number of hydrogen-bond donors (Lipinski definition) is 1. The number of H-pyrrole nitrogens is 1. The average Bonchev–Trinajstić information content (AvgIpc) is 3.07. The molecule has 0 aliphatic heterocycles. The Morgan fingerprint density at radius 2 is 1.60 bits per heavy atom. The Balaban J connectivity index is 1.99. The molecular formula is C19H17N. The van der Waals surface area contributed by atoms with Gasteiger partial charge in [-0.25, -0.2) is 0 Å². The molecule has 0 spiro atoms. The van der Waals surface area contributed by atoms with Gasteiger partial charge in [-0.3, -0.25) is 0 Å². The second kappa shape index (κ2) is 3.86. The van der Waals surface area contributed by atoms with Crippen LogP contribution in [0.2, 0.25) is 0 Å². The van der Waals surface area contributed by atoms with Crippen LogP contribution in [0, 0.1) is 0 Å². The number of rotatable bonds is 1. The normalized spacial score (nSPS) is 14.9. The van der Waals surface area contributed by atoms with E-state index < -0.39 is 0 Å². The lowest BCUT2D eigenvalue weighted by atomic mass is 9.82. The van der Waals surface area contributed by atoms with Crippen LogP contribution in [0.1, 0.15) is 25.0 Å². The van der Waals surface area contributed by atoms with E-state index in [0.29, 0.717) is 0 Å². The van der Waals surface area contributed by atoms with Crippen LogP contribution in [-0.2, 0) is 5.41 Å². The third-order valence-electron chi connectivity index (χ3n) is 4.49. The zero-order valence-electron chi connectivity index (χ0n) is 11.8. The summed E-state index contributed by atoms with van der Waals surface area (Å²) in [7, 11) is 0. The summed E-state index contributed by atoms with van der Waals surface area (Å²) < 4.78 is 0. The van der Waals surface area contributed by atoms with Crippen molar-refractivity contribution < 1.29 is 0 Å². The maximum atomic E-state index is 3.29. The number of fused-ring (bicyclic) bond motifs is 3. The van der Waals surface area contributed by atoms with Gasteiger partial charge >= 0.3 is 0 Å². The highest BCUT2D eigenvalue weighted by Crippen LogP contribution is 2.49. The van der Waals surface area contributed by atoms with Gasteiger partial charge in [0.25, 0.3) is 0 Å². The van der Waals surface area contributed by atoms with E-state index >= 15 is 0 Å². The van der Waals surface area contributed by atoms with Crippen molar-refractivity contribution in [3.8, 4) is 22.4 Å². The minimum Gasteiger partial charge on any atom is -0.361 e. The molecular weight excluding hydrogens is 242 g/mol. The second-order valence-electron chi connectivity index (χ2n) is 6.01. The van der Waals surface area contributed by atoms with E-state index in [-0.39, 0.29) is 5.41 Å². The summed E-state index contributed by atoms with van der Waals surface area (Å²) in [5.41, 5.74) is 8.13. The lowest BCUT2D eigenvalue weighted by Gasteiger charge is -2.21. The fraction of sp³-hybridized carbons (Fsp3) is 0.158. The van der Waals surface area contributed by atoms with Crippen LogP contribution >= 0.6 is 0 Å². The first-order chi connectivity index (χ1) is 9.68. The van der Waals surface area contributed by atoms with Crippen molar-refractivity contribution in [2.24, 2.45) is 0 Å². The maximum Gasteiger partial charge on any atom is 0.0454 e. The van der Waals surface area contributed by atoms with Crippen molar-refractivity contribution >= 4 is 0 Å². The van der Waals surface area contributed by atoms with Gasteiger partial charge in [-0.2, -0.15) is 0 Å². The van der Waals surface area contributed by atoms with E-state index in [4.69, 9.17) is 0 Å². The summed E-state index contributed by atoms with van der Waals surface area (Å²) in [4.78, 5) is 3.29. The van der Waals surface area contributed by atoms with E-state index in [1.807, 2.05) is 12.3 Å². The molecule has 1 heterocycles. The first-order valence-electron chi connectivity index (χ1n) is 7.06. The molecule has 1 aliphatic carbocycles. The van der Waals surface area contributed by atoms with Crippen LogP contribution in [0.25, 0.3) is 22.4 Å². The Morgan fingerprint density at radius 1 is 0.800 bits per heavy atom. The molecule has 1 heteroatoms. The van der Waals surface area contributed by atoms with E-state index in [2.05, 4.69) is 67.4 Å². The van der Waals surface area contributed by atoms with Gasteiger partial charge in [-0.15, -0.1) is 0 Å². The molecule has 3 aromatic rings.